The van der Waals surface area contributed by atoms with Crippen LogP contribution in [0.15, 0.2) is 22.7 Å². The number of hydrogen-bond acceptors (Lipinski definition) is 1. The second kappa shape index (κ2) is 5.35. The Hall–Kier alpha value is -0.570. The van der Waals surface area contributed by atoms with Crippen molar-refractivity contribution in [3.63, 3.8) is 0 Å². The van der Waals surface area contributed by atoms with Gasteiger partial charge in [-0.15, -0.1) is 0 Å². The zero-order valence-corrected chi connectivity index (χ0v) is 9.97. The normalized spacial score (nSPS) is 10.6. The fourth-order valence-corrected chi connectivity index (χ4v) is 1.33. The quantitative estimate of drug-likeness (QED) is 0.795. The Labute approximate surface area is 92.4 Å². The van der Waals surface area contributed by atoms with Crippen molar-refractivity contribution in [1.29, 1.82) is 0 Å². The maximum Gasteiger partial charge on any atom is 0.165 e. The molecule has 0 unspecified atom stereocenters. The lowest BCUT2D eigenvalue weighted by Gasteiger charge is -2.08. The van der Waals surface area contributed by atoms with Gasteiger partial charge in [0, 0.05) is 4.47 Å². The van der Waals surface area contributed by atoms with Crippen molar-refractivity contribution in [3.05, 3.63) is 28.5 Å². The van der Waals surface area contributed by atoms with E-state index in [2.05, 4.69) is 29.8 Å². The molecule has 0 aliphatic heterocycles. The van der Waals surface area contributed by atoms with E-state index < -0.39 is 0 Å². The molecule has 3 heteroatoms. The van der Waals surface area contributed by atoms with Crippen LogP contribution in [-0.4, -0.2) is 6.61 Å². The first-order valence-corrected chi connectivity index (χ1v) is 5.46. The highest BCUT2D eigenvalue weighted by Gasteiger charge is 2.03. The van der Waals surface area contributed by atoms with Crippen LogP contribution in [0.5, 0.6) is 5.75 Å². The number of benzene rings is 1. The van der Waals surface area contributed by atoms with Gasteiger partial charge in [0.05, 0.1) is 6.61 Å². The Bertz CT molecular complexity index is 299. The molecule has 0 aliphatic rings. The molecule has 0 radical (unpaired) electrons. The summed E-state index contributed by atoms with van der Waals surface area (Å²) < 4.78 is 19.3. The van der Waals surface area contributed by atoms with E-state index in [4.69, 9.17) is 4.74 Å². The molecule has 14 heavy (non-hydrogen) atoms. The molecule has 0 amide bonds. The van der Waals surface area contributed by atoms with E-state index in [1.807, 2.05) is 0 Å². The first kappa shape index (κ1) is 11.5. The van der Waals surface area contributed by atoms with Gasteiger partial charge >= 0.3 is 0 Å². The third-order valence-electron chi connectivity index (χ3n) is 1.85. The molecule has 0 N–H and O–H groups in total. The van der Waals surface area contributed by atoms with Gasteiger partial charge in [-0.1, -0.05) is 29.8 Å². The highest BCUT2D eigenvalue weighted by Crippen LogP contribution is 2.22. The van der Waals surface area contributed by atoms with Crippen LogP contribution in [0.3, 0.4) is 0 Å². The maximum atomic E-state index is 13.1. The summed E-state index contributed by atoms with van der Waals surface area (Å²) in [4.78, 5) is 0. The van der Waals surface area contributed by atoms with Crippen molar-refractivity contribution in [2.24, 2.45) is 5.92 Å². The zero-order chi connectivity index (χ0) is 10.6. The van der Waals surface area contributed by atoms with Crippen molar-refractivity contribution in [2.75, 3.05) is 6.61 Å². The molecule has 1 nitrogen and oxygen atoms in total. The molecule has 78 valence electrons. The van der Waals surface area contributed by atoms with Crippen LogP contribution in [0, 0.1) is 11.7 Å². The zero-order valence-electron chi connectivity index (χ0n) is 8.39. The second-order valence-corrected chi connectivity index (χ2v) is 4.52. The first-order valence-electron chi connectivity index (χ1n) is 4.67. The van der Waals surface area contributed by atoms with E-state index >= 15 is 0 Å². The molecule has 0 aromatic heterocycles. The topological polar surface area (TPSA) is 9.23 Å². The Balaban J connectivity index is 2.53. The molecule has 0 atom stereocenters. The van der Waals surface area contributed by atoms with Crippen molar-refractivity contribution < 1.29 is 9.13 Å². The predicted octanol–water partition coefficient (Wildman–Crippen LogP) is 4.01. The third-order valence-corrected chi connectivity index (χ3v) is 2.34. The van der Waals surface area contributed by atoms with Crippen molar-refractivity contribution in [1.82, 2.24) is 0 Å². The van der Waals surface area contributed by atoms with E-state index in [-0.39, 0.29) is 5.82 Å². The van der Waals surface area contributed by atoms with Gasteiger partial charge in [0.2, 0.25) is 0 Å². The van der Waals surface area contributed by atoms with Crippen LogP contribution in [0.2, 0.25) is 0 Å². The molecule has 1 aromatic rings. The molecule has 0 heterocycles. The minimum Gasteiger partial charge on any atom is -0.490 e. The predicted molar refractivity (Wildman–Crippen MR) is 59.1 cm³/mol. The summed E-state index contributed by atoms with van der Waals surface area (Å²) in [5.74, 6) is 0.585. The summed E-state index contributed by atoms with van der Waals surface area (Å²) in [5, 5.41) is 0. The lowest BCUT2D eigenvalue weighted by Crippen LogP contribution is -2.02. The van der Waals surface area contributed by atoms with Crippen molar-refractivity contribution in [3.8, 4) is 5.75 Å². The number of halogens is 2. The number of rotatable bonds is 4. The van der Waals surface area contributed by atoms with Gasteiger partial charge in [-0.3, -0.25) is 0 Å². The Morgan fingerprint density at radius 2 is 2.14 bits per heavy atom. The fraction of sp³-hybridized carbons (Fsp3) is 0.455. The Morgan fingerprint density at radius 1 is 1.43 bits per heavy atom. The van der Waals surface area contributed by atoms with E-state index in [1.54, 1.807) is 12.1 Å². The maximum absolute atomic E-state index is 13.1. The van der Waals surface area contributed by atoms with Crippen molar-refractivity contribution in [2.45, 2.75) is 20.3 Å². The second-order valence-electron chi connectivity index (χ2n) is 3.61. The highest BCUT2D eigenvalue weighted by molar-refractivity contribution is 9.10. The Kier molecular flexibility index (Phi) is 4.39. The summed E-state index contributed by atoms with van der Waals surface area (Å²) in [6.07, 6.45) is 0.936. The minimum atomic E-state index is -0.308. The van der Waals surface area contributed by atoms with Crippen LogP contribution in [-0.2, 0) is 0 Å². The smallest absolute Gasteiger partial charge is 0.165 e. The third kappa shape index (κ3) is 3.66. The van der Waals surface area contributed by atoms with E-state index in [0.717, 1.165) is 10.9 Å². The molecule has 1 rings (SSSR count). The summed E-state index contributed by atoms with van der Waals surface area (Å²) in [6, 6.07) is 4.70. The molecule has 1 aromatic carbocycles. The highest BCUT2D eigenvalue weighted by atomic mass is 79.9. The molecule has 0 saturated carbocycles. The molecule has 0 spiro atoms. The average molecular weight is 261 g/mol. The Morgan fingerprint density at radius 3 is 2.79 bits per heavy atom. The SMILES string of the molecule is CC(C)CCOc1cc(Br)ccc1F. The molecule has 0 bridgehead atoms. The van der Waals surface area contributed by atoms with Gasteiger partial charge in [0.15, 0.2) is 11.6 Å². The van der Waals surface area contributed by atoms with Gasteiger partial charge in [-0.25, -0.2) is 4.39 Å². The lowest BCUT2D eigenvalue weighted by atomic mass is 10.1. The monoisotopic (exact) mass is 260 g/mol. The summed E-state index contributed by atoms with van der Waals surface area (Å²) in [5.41, 5.74) is 0. The van der Waals surface area contributed by atoms with E-state index in [0.29, 0.717) is 18.3 Å². The molecular formula is C11H14BrFO. The molecular weight excluding hydrogens is 247 g/mol. The van der Waals surface area contributed by atoms with Crippen molar-refractivity contribution >= 4 is 15.9 Å². The van der Waals surface area contributed by atoms with E-state index in [1.165, 1.54) is 6.07 Å². The van der Waals surface area contributed by atoms with Gasteiger partial charge in [-0.05, 0) is 30.5 Å². The minimum absolute atomic E-state index is 0.308. The van der Waals surface area contributed by atoms with Crippen LogP contribution < -0.4 is 4.74 Å². The van der Waals surface area contributed by atoms with Gasteiger partial charge < -0.3 is 4.74 Å². The standard InChI is InChI=1S/C11H14BrFO/c1-8(2)5-6-14-11-7-9(12)3-4-10(11)13/h3-4,7-8H,5-6H2,1-2H3. The molecule has 0 aliphatic carbocycles. The molecule has 0 fully saturated rings. The average Bonchev–Trinajstić information content (AvgIpc) is 2.10. The molecule has 0 saturated heterocycles. The fourth-order valence-electron chi connectivity index (χ4n) is 0.992. The van der Waals surface area contributed by atoms with Crippen LogP contribution >= 0.6 is 15.9 Å². The number of ether oxygens (including phenoxy) is 1. The summed E-state index contributed by atoms with van der Waals surface area (Å²) in [6.45, 7) is 4.78. The van der Waals surface area contributed by atoms with Gasteiger partial charge in [0.25, 0.3) is 0 Å². The van der Waals surface area contributed by atoms with Crippen LogP contribution in [0.4, 0.5) is 4.39 Å². The summed E-state index contributed by atoms with van der Waals surface area (Å²) in [7, 11) is 0. The van der Waals surface area contributed by atoms with Gasteiger partial charge in [0.1, 0.15) is 0 Å². The van der Waals surface area contributed by atoms with Crippen LogP contribution in [0.25, 0.3) is 0 Å². The van der Waals surface area contributed by atoms with Crippen LogP contribution in [0.1, 0.15) is 20.3 Å². The van der Waals surface area contributed by atoms with Gasteiger partial charge in [-0.2, -0.15) is 0 Å². The first-order chi connectivity index (χ1) is 6.59. The largest absolute Gasteiger partial charge is 0.490 e. The number of hydrogen-bond donors (Lipinski definition) is 0. The lowest BCUT2D eigenvalue weighted by molar-refractivity contribution is 0.276. The van der Waals surface area contributed by atoms with E-state index in [9.17, 15) is 4.39 Å². The summed E-state index contributed by atoms with van der Waals surface area (Å²) >= 11 is 3.27.